The molecule has 0 unspecified atom stereocenters. The van der Waals surface area contributed by atoms with Gasteiger partial charge in [-0.1, -0.05) is 24.3 Å². The summed E-state index contributed by atoms with van der Waals surface area (Å²) in [6.07, 6.45) is -4.20. The summed E-state index contributed by atoms with van der Waals surface area (Å²) in [7, 11) is 0. The summed E-state index contributed by atoms with van der Waals surface area (Å²) in [4.78, 5) is 14.1. The highest BCUT2D eigenvalue weighted by atomic mass is 19.4. The van der Waals surface area contributed by atoms with Crippen molar-refractivity contribution in [3.8, 4) is 0 Å². The predicted molar refractivity (Wildman–Crippen MR) is 82.3 cm³/mol. The minimum atomic E-state index is -4.38. The van der Waals surface area contributed by atoms with Gasteiger partial charge in [0.1, 0.15) is 0 Å². The summed E-state index contributed by atoms with van der Waals surface area (Å²) in [6.45, 7) is 0.225. The van der Waals surface area contributed by atoms with Gasteiger partial charge in [0, 0.05) is 18.7 Å². The van der Waals surface area contributed by atoms with Gasteiger partial charge in [0.2, 0.25) is 0 Å². The van der Waals surface area contributed by atoms with Gasteiger partial charge >= 0.3 is 6.18 Å². The van der Waals surface area contributed by atoms with Crippen molar-refractivity contribution in [1.29, 1.82) is 0 Å². The topological polar surface area (TPSA) is 40.5 Å². The molecule has 0 saturated heterocycles. The van der Waals surface area contributed by atoms with Crippen molar-refractivity contribution in [3.63, 3.8) is 0 Å². The number of carbonyl (C=O) groups is 1. The molecule has 1 amide bonds. The number of aliphatic hydroxyl groups is 1. The lowest BCUT2D eigenvalue weighted by molar-refractivity contribution is -0.138. The maximum atomic E-state index is 13.1. The lowest BCUT2D eigenvalue weighted by Crippen LogP contribution is -2.36. The van der Waals surface area contributed by atoms with Crippen LogP contribution in [0, 0.1) is 0 Å². The van der Waals surface area contributed by atoms with Crippen molar-refractivity contribution in [3.05, 3.63) is 70.3 Å². The maximum absolute atomic E-state index is 13.1. The third-order valence-electron chi connectivity index (χ3n) is 4.22. The normalized spacial score (nSPS) is 14.4. The molecule has 0 aliphatic carbocycles. The molecule has 6 heteroatoms. The van der Waals surface area contributed by atoms with Crippen LogP contribution in [0.15, 0.2) is 42.5 Å². The van der Waals surface area contributed by atoms with Gasteiger partial charge in [-0.15, -0.1) is 0 Å². The average Bonchev–Trinajstić information content (AvgIpc) is 2.59. The Morgan fingerprint density at radius 1 is 1.17 bits per heavy atom. The Morgan fingerprint density at radius 2 is 1.92 bits per heavy atom. The molecule has 1 aliphatic rings. The molecule has 3 rings (SSSR count). The lowest BCUT2D eigenvalue weighted by Gasteiger charge is -2.30. The van der Waals surface area contributed by atoms with E-state index in [4.69, 9.17) is 5.11 Å². The summed E-state index contributed by atoms with van der Waals surface area (Å²) in [5, 5.41) is 9.16. The van der Waals surface area contributed by atoms with E-state index in [1.165, 1.54) is 6.07 Å². The van der Waals surface area contributed by atoms with E-state index in [0.717, 1.165) is 6.07 Å². The second kappa shape index (κ2) is 6.28. The molecule has 1 N–H and O–H groups in total. The molecule has 0 bridgehead atoms. The largest absolute Gasteiger partial charge is 0.416 e. The Kier molecular flexibility index (Phi) is 4.32. The third-order valence-corrected chi connectivity index (χ3v) is 4.22. The summed E-state index contributed by atoms with van der Waals surface area (Å²) in [6, 6.07) is 10.7. The van der Waals surface area contributed by atoms with Crippen LogP contribution in [-0.2, 0) is 25.7 Å². The first-order chi connectivity index (χ1) is 11.4. The van der Waals surface area contributed by atoms with Crippen LogP contribution in [0.3, 0.4) is 0 Å². The highest BCUT2D eigenvalue weighted by Gasteiger charge is 2.35. The van der Waals surface area contributed by atoms with Crippen molar-refractivity contribution in [2.24, 2.45) is 0 Å². The number of halogens is 3. The summed E-state index contributed by atoms with van der Waals surface area (Å²) >= 11 is 0. The molecule has 0 radical (unpaired) electrons. The zero-order valence-corrected chi connectivity index (χ0v) is 12.8. The van der Waals surface area contributed by atoms with Gasteiger partial charge in [-0.3, -0.25) is 4.79 Å². The number of carbonyl (C=O) groups excluding carboxylic acids is 1. The summed E-state index contributed by atoms with van der Waals surface area (Å²) in [5.41, 5.74) is 1.24. The molecule has 2 aromatic rings. The van der Waals surface area contributed by atoms with Crippen molar-refractivity contribution in [2.75, 3.05) is 6.54 Å². The SMILES string of the molecule is O=C(c1cccc(CO)c1)N1CCc2c(cccc2C(F)(F)F)C1. The van der Waals surface area contributed by atoms with Crippen molar-refractivity contribution < 1.29 is 23.1 Å². The third kappa shape index (κ3) is 3.14. The molecule has 2 aromatic carbocycles. The van der Waals surface area contributed by atoms with Gasteiger partial charge in [-0.05, 0) is 41.3 Å². The van der Waals surface area contributed by atoms with E-state index >= 15 is 0 Å². The Hall–Kier alpha value is -2.34. The molecule has 1 aliphatic heterocycles. The number of amides is 1. The molecular formula is C18H16F3NO2. The van der Waals surface area contributed by atoms with Gasteiger partial charge in [-0.2, -0.15) is 13.2 Å². The fraction of sp³-hybridized carbons (Fsp3) is 0.278. The van der Waals surface area contributed by atoms with Crippen LogP contribution in [-0.4, -0.2) is 22.5 Å². The fourth-order valence-electron chi connectivity index (χ4n) is 3.03. The Balaban J connectivity index is 1.86. The number of fused-ring (bicyclic) bond motifs is 1. The molecule has 126 valence electrons. The van der Waals surface area contributed by atoms with Gasteiger partial charge < -0.3 is 10.0 Å². The van der Waals surface area contributed by atoms with Crippen molar-refractivity contribution in [1.82, 2.24) is 4.90 Å². The minimum absolute atomic E-state index is 0.154. The van der Waals surface area contributed by atoms with E-state index in [1.54, 1.807) is 35.2 Å². The van der Waals surface area contributed by atoms with E-state index < -0.39 is 11.7 Å². The number of rotatable bonds is 2. The van der Waals surface area contributed by atoms with Crippen LogP contribution in [0.1, 0.15) is 32.6 Å². The molecule has 0 aromatic heterocycles. The molecule has 0 saturated carbocycles. The van der Waals surface area contributed by atoms with Gasteiger partial charge in [0.05, 0.1) is 12.2 Å². The van der Waals surface area contributed by atoms with Crippen LogP contribution >= 0.6 is 0 Å². The highest BCUT2D eigenvalue weighted by molar-refractivity contribution is 5.94. The predicted octanol–water partition coefficient (Wildman–Crippen LogP) is 3.40. The number of benzene rings is 2. The number of nitrogens with zero attached hydrogens (tertiary/aromatic N) is 1. The first kappa shape index (κ1) is 16.5. The minimum Gasteiger partial charge on any atom is -0.392 e. The average molecular weight is 335 g/mol. The first-order valence-corrected chi connectivity index (χ1v) is 7.57. The van der Waals surface area contributed by atoms with Crippen LogP contribution in [0.4, 0.5) is 13.2 Å². The Bertz CT molecular complexity index is 771. The number of alkyl halides is 3. The quantitative estimate of drug-likeness (QED) is 0.914. The molecular weight excluding hydrogens is 319 g/mol. The second-order valence-electron chi connectivity index (χ2n) is 5.78. The number of aliphatic hydroxyl groups excluding tert-OH is 1. The Morgan fingerprint density at radius 3 is 2.62 bits per heavy atom. The molecule has 1 heterocycles. The van der Waals surface area contributed by atoms with Crippen molar-refractivity contribution >= 4 is 5.91 Å². The zero-order chi connectivity index (χ0) is 17.3. The standard InChI is InChI=1S/C18H16F3NO2/c19-18(20,21)16-6-2-5-14-10-22(8-7-15(14)16)17(24)13-4-1-3-12(9-13)11-23/h1-6,9,23H,7-8,10-11H2. The molecule has 0 spiro atoms. The second-order valence-corrected chi connectivity index (χ2v) is 5.78. The van der Waals surface area contributed by atoms with Gasteiger partial charge in [0.15, 0.2) is 0 Å². The van der Waals surface area contributed by atoms with Crippen LogP contribution in [0.25, 0.3) is 0 Å². The van der Waals surface area contributed by atoms with Crippen LogP contribution in [0.2, 0.25) is 0 Å². The highest BCUT2D eigenvalue weighted by Crippen LogP contribution is 2.35. The summed E-state index contributed by atoms with van der Waals surface area (Å²) < 4.78 is 39.2. The van der Waals surface area contributed by atoms with E-state index in [9.17, 15) is 18.0 Å². The van der Waals surface area contributed by atoms with E-state index in [2.05, 4.69) is 0 Å². The smallest absolute Gasteiger partial charge is 0.392 e. The molecule has 24 heavy (non-hydrogen) atoms. The van der Waals surface area contributed by atoms with Gasteiger partial charge in [-0.25, -0.2) is 0 Å². The molecule has 0 atom stereocenters. The number of hydrogen-bond donors (Lipinski definition) is 1. The van der Waals surface area contributed by atoms with E-state index in [-0.39, 0.29) is 37.6 Å². The number of hydrogen-bond acceptors (Lipinski definition) is 2. The monoisotopic (exact) mass is 335 g/mol. The van der Waals surface area contributed by atoms with E-state index in [1.807, 2.05) is 0 Å². The van der Waals surface area contributed by atoms with Crippen LogP contribution < -0.4 is 0 Å². The lowest BCUT2D eigenvalue weighted by atomic mass is 9.93. The molecule has 3 nitrogen and oxygen atoms in total. The first-order valence-electron chi connectivity index (χ1n) is 7.57. The summed E-state index contributed by atoms with van der Waals surface area (Å²) in [5.74, 6) is -0.242. The van der Waals surface area contributed by atoms with Crippen LogP contribution in [0.5, 0.6) is 0 Å². The zero-order valence-electron chi connectivity index (χ0n) is 12.8. The molecule has 0 fully saturated rings. The fourth-order valence-corrected chi connectivity index (χ4v) is 3.03. The van der Waals surface area contributed by atoms with Crippen molar-refractivity contribution in [2.45, 2.75) is 25.7 Å². The maximum Gasteiger partial charge on any atom is 0.416 e. The van der Waals surface area contributed by atoms with E-state index in [0.29, 0.717) is 16.7 Å². The van der Waals surface area contributed by atoms with Gasteiger partial charge in [0.25, 0.3) is 5.91 Å². The Labute approximate surface area is 137 Å².